The van der Waals surface area contributed by atoms with Crippen molar-refractivity contribution in [2.45, 2.75) is 26.3 Å². The van der Waals surface area contributed by atoms with Crippen molar-refractivity contribution >= 4 is 27.9 Å². The fourth-order valence-corrected chi connectivity index (χ4v) is 3.32. The van der Waals surface area contributed by atoms with E-state index in [0.717, 1.165) is 29.1 Å². The van der Waals surface area contributed by atoms with Crippen LogP contribution < -0.4 is 0 Å². The van der Waals surface area contributed by atoms with Gasteiger partial charge in [0.05, 0.1) is 33.1 Å². The highest BCUT2D eigenvalue weighted by Gasteiger charge is 2.14. The molecule has 5 nitrogen and oxygen atoms in total. The SMILES string of the molecule is CCCc1nc(Cn2ccc3c([N+](=O)[O-])cccc32)cs1. The van der Waals surface area contributed by atoms with Gasteiger partial charge in [-0.15, -0.1) is 11.3 Å². The van der Waals surface area contributed by atoms with Crippen molar-refractivity contribution < 1.29 is 4.92 Å². The molecule has 21 heavy (non-hydrogen) atoms. The van der Waals surface area contributed by atoms with Crippen molar-refractivity contribution in [1.29, 1.82) is 0 Å². The molecule has 0 bridgehead atoms. The zero-order chi connectivity index (χ0) is 14.8. The third kappa shape index (κ3) is 2.67. The molecule has 0 N–H and O–H groups in total. The van der Waals surface area contributed by atoms with E-state index in [2.05, 4.69) is 17.3 Å². The molecule has 0 aliphatic heterocycles. The zero-order valence-corrected chi connectivity index (χ0v) is 12.5. The molecule has 0 spiro atoms. The lowest BCUT2D eigenvalue weighted by Gasteiger charge is -2.03. The van der Waals surface area contributed by atoms with E-state index < -0.39 is 0 Å². The Morgan fingerprint density at radius 3 is 3.00 bits per heavy atom. The van der Waals surface area contributed by atoms with E-state index >= 15 is 0 Å². The number of aryl methyl sites for hydroxylation is 1. The van der Waals surface area contributed by atoms with Gasteiger partial charge in [-0.05, 0) is 25.0 Å². The van der Waals surface area contributed by atoms with Gasteiger partial charge >= 0.3 is 0 Å². The van der Waals surface area contributed by atoms with E-state index in [4.69, 9.17) is 0 Å². The second kappa shape index (κ2) is 5.65. The van der Waals surface area contributed by atoms with Crippen LogP contribution in [0.4, 0.5) is 5.69 Å². The van der Waals surface area contributed by atoms with E-state index in [1.165, 1.54) is 6.07 Å². The number of fused-ring (bicyclic) bond motifs is 1. The average molecular weight is 301 g/mol. The summed E-state index contributed by atoms with van der Waals surface area (Å²) in [6.07, 6.45) is 3.98. The topological polar surface area (TPSA) is 61.0 Å². The van der Waals surface area contributed by atoms with E-state index in [9.17, 15) is 10.1 Å². The lowest BCUT2D eigenvalue weighted by molar-refractivity contribution is -0.383. The van der Waals surface area contributed by atoms with Gasteiger partial charge in [0, 0.05) is 17.6 Å². The van der Waals surface area contributed by atoms with Gasteiger partial charge in [-0.3, -0.25) is 10.1 Å². The molecule has 2 heterocycles. The standard InChI is InChI=1S/C15H15N3O2S/c1-2-4-15-16-11(10-21-15)9-17-8-7-12-13(17)5-3-6-14(12)18(19)20/h3,5-8,10H,2,4,9H2,1H3. The van der Waals surface area contributed by atoms with E-state index in [-0.39, 0.29) is 10.6 Å². The molecule has 0 unspecified atom stereocenters. The Kier molecular flexibility index (Phi) is 3.70. The highest BCUT2D eigenvalue weighted by molar-refractivity contribution is 7.09. The van der Waals surface area contributed by atoms with Crippen LogP contribution in [-0.2, 0) is 13.0 Å². The molecule has 0 saturated heterocycles. The Morgan fingerprint density at radius 2 is 2.24 bits per heavy atom. The molecule has 3 rings (SSSR count). The highest BCUT2D eigenvalue weighted by Crippen LogP contribution is 2.27. The smallest absolute Gasteiger partial charge is 0.278 e. The number of benzene rings is 1. The minimum atomic E-state index is -0.338. The van der Waals surface area contributed by atoms with Gasteiger partial charge in [-0.25, -0.2) is 4.98 Å². The van der Waals surface area contributed by atoms with Crippen LogP contribution >= 0.6 is 11.3 Å². The molecule has 1 aromatic carbocycles. The van der Waals surface area contributed by atoms with Gasteiger partial charge in [-0.1, -0.05) is 13.0 Å². The second-order valence-electron chi connectivity index (χ2n) is 4.89. The summed E-state index contributed by atoms with van der Waals surface area (Å²) in [6, 6.07) is 6.96. The maximum Gasteiger partial charge on any atom is 0.278 e. The second-order valence-corrected chi connectivity index (χ2v) is 5.84. The van der Waals surface area contributed by atoms with E-state index in [1.807, 2.05) is 16.8 Å². The number of nitro benzene ring substituents is 1. The van der Waals surface area contributed by atoms with Crippen molar-refractivity contribution in [1.82, 2.24) is 9.55 Å². The van der Waals surface area contributed by atoms with Gasteiger partial charge < -0.3 is 4.57 Å². The minimum absolute atomic E-state index is 0.149. The molecule has 0 aliphatic rings. The first-order valence-corrected chi connectivity index (χ1v) is 7.72. The number of rotatable bonds is 5. The van der Waals surface area contributed by atoms with E-state index in [0.29, 0.717) is 11.9 Å². The average Bonchev–Trinajstić information content (AvgIpc) is 3.07. The Morgan fingerprint density at radius 1 is 1.38 bits per heavy atom. The fraction of sp³-hybridized carbons (Fsp3) is 0.267. The van der Waals surface area contributed by atoms with Crippen molar-refractivity contribution in [2.24, 2.45) is 0 Å². The number of hydrogen-bond donors (Lipinski definition) is 0. The Labute approximate surface area is 126 Å². The molecule has 3 aromatic rings. The van der Waals surface area contributed by atoms with Crippen LogP contribution in [0, 0.1) is 10.1 Å². The summed E-state index contributed by atoms with van der Waals surface area (Å²) in [5.74, 6) is 0. The fourth-order valence-electron chi connectivity index (χ4n) is 2.43. The molecular formula is C15H15N3O2S. The summed E-state index contributed by atoms with van der Waals surface area (Å²) in [5.41, 5.74) is 2.03. The summed E-state index contributed by atoms with van der Waals surface area (Å²) in [6.45, 7) is 2.78. The minimum Gasteiger partial charge on any atom is -0.341 e. The first kappa shape index (κ1) is 13.8. The van der Waals surface area contributed by atoms with Gasteiger partial charge in [0.1, 0.15) is 0 Å². The molecule has 108 valence electrons. The maximum absolute atomic E-state index is 11.0. The maximum atomic E-state index is 11.0. The van der Waals surface area contributed by atoms with Gasteiger partial charge in [0.15, 0.2) is 0 Å². The molecule has 0 amide bonds. The molecule has 6 heteroatoms. The quantitative estimate of drug-likeness (QED) is 0.528. The normalized spacial score (nSPS) is 11.1. The zero-order valence-electron chi connectivity index (χ0n) is 11.7. The predicted octanol–water partition coefficient (Wildman–Crippen LogP) is 4.01. The van der Waals surface area contributed by atoms with Gasteiger partial charge in [-0.2, -0.15) is 0 Å². The van der Waals surface area contributed by atoms with Crippen molar-refractivity contribution in [3.63, 3.8) is 0 Å². The van der Waals surface area contributed by atoms with Crippen LogP contribution in [0.3, 0.4) is 0 Å². The monoisotopic (exact) mass is 301 g/mol. The van der Waals surface area contributed by atoms with Crippen LogP contribution in [0.5, 0.6) is 0 Å². The summed E-state index contributed by atoms with van der Waals surface area (Å²) in [7, 11) is 0. The molecule has 2 aromatic heterocycles. The third-order valence-corrected chi connectivity index (χ3v) is 4.34. The Hall–Kier alpha value is -2.21. The number of non-ortho nitro benzene ring substituents is 1. The number of hydrogen-bond acceptors (Lipinski definition) is 4. The number of thiazole rings is 1. The van der Waals surface area contributed by atoms with Crippen LogP contribution in [0.15, 0.2) is 35.8 Å². The number of nitrogens with zero attached hydrogens (tertiary/aromatic N) is 3. The molecule has 0 saturated carbocycles. The van der Waals surface area contributed by atoms with Crippen LogP contribution in [0.1, 0.15) is 24.0 Å². The highest BCUT2D eigenvalue weighted by atomic mass is 32.1. The van der Waals surface area contributed by atoms with E-state index in [1.54, 1.807) is 23.5 Å². The Balaban J connectivity index is 1.93. The third-order valence-electron chi connectivity index (χ3n) is 3.38. The van der Waals surface area contributed by atoms with Crippen molar-refractivity contribution in [3.8, 4) is 0 Å². The number of nitro groups is 1. The molecule has 0 fully saturated rings. The number of aromatic nitrogens is 2. The molecule has 0 atom stereocenters. The first-order valence-electron chi connectivity index (χ1n) is 6.84. The molecule has 0 aliphatic carbocycles. The van der Waals surface area contributed by atoms with Gasteiger partial charge in [0.2, 0.25) is 0 Å². The molecule has 0 radical (unpaired) electrons. The van der Waals surface area contributed by atoms with Crippen LogP contribution in [-0.4, -0.2) is 14.5 Å². The largest absolute Gasteiger partial charge is 0.341 e. The summed E-state index contributed by atoms with van der Waals surface area (Å²) >= 11 is 1.68. The lowest BCUT2D eigenvalue weighted by atomic mass is 10.2. The molecular weight excluding hydrogens is 286 g/mol. The van der Waals surface area contributed by atoms with Gasteiger partial charge in [0.25, 0.3) is 5.69 Å². The predicted molar refractivity (Wildman–Crippen MR) is 83.8 cm³/mol. The van der Waals surface area contributed by atoms with Crippen LogP contribution in [0.2, 0.25) is 0 Å². The summed E-state index contributed by atoms with van der Waals surface area (Å²) < 4.78 is 2.01. The van der Waals surface area contributed by atoms with Crippen molar-refractivity contribution in [2.75, 3.05) is 0 Å². The lowest BCUT2D eigenvalue weighted by Crippen LogP contribution is -1.99. The summed E-state index contributed by atoms with van der Waals surface area (Å²) in [5, 5.41) is 14.9. The first-order chi connectivity index (χ1) is 10.2. The summed E-state index contributed by atoms with van der Waals surface area (Å²) in [4.78, 5) is 15.3. The van der Waals surface area contributed by atoms with Crippen molar-refractivity contribution in [3.05, 3.63) is 56.7 Å². The van der Waals surface area contributed by atoms with Crippen LogP contribution in [0.25, 0.3) is 10.9 Å². The Bertz CT molecular complexity index is 791.